The standard InChI is InChI=1S/C15H26N2O4/c1-2-21-15(19)13-3-7-17(8-4-13)14(18)5-6-16-9-11-20-12-10-16/h13H,2-12H2,1H3. The highest BCUT2D eigenvalue weighted by molar-refractivity contribution is 5.77. The number of piperidine rings is 1. The van der Waals surface area contributed by atoms with Crippen LogP contribution in [0.4, 0.5) is 0 Å². The van der Waals surface area contributed by atoms with E-state index in [-0.39, 0.29) is 17.8 Å². The molecule has 0 unspecified atom stereocenters. The van der Waals surface area contributed by atoms with Crippen LogP contribution in [-0.4, -0.2) is 74.2 Å². The maximum Gasteiger partial charge on any atom is 0.309 e. The van der Waals surface area contributed by atoms with E-state index in [9.17, 15) is 9.59 Å². The van der Waals surface area contributed by atoms with Crippen molar-refractivity contribution in [1.82, 2.24) is 9.80 Å². The van der Waals surface area contributed by atoms with E-state index in [1.54, 1.807) is 0 Å². The van der Waals surface area contributed by atoms with Gasteiger partial charge in [0.25, 0.3) is 0 Å². The zero-order valence-electron chi connectivity index (χ0n) is 12.9. The number of hydrogen-bond acceptors (Lipinski definition) is 5. The number of morpholine rings is 1. The fraction of sp³-hybridized carbons (Fsp3) is 0.867. The summed E-state index contributed by atoms with van der Waals surface area (Å²) in [6.45, 7) is 7.76. The van der Waals surface area contributed by atoms with E-state index in [1.165, 1.54) is 0 Å². The predicted molar refractivity (Wildman–Crippen MR) is 77.8 cm³/mol. The molecule has 120 valence electrons. The molecular formula is C15H26N2O4. The average molecular weight is 298 g/mol. The number of likely N-dealkylation sites (tertiary alicyclic amines) is 1. The lowest BCUT2D eigenvalue weighted by atomic mass is 9.97. The number of ether oxygens (including phenoxy) is 2. The predicted octanol–water partition coefficient (Wildman–Crippen LogP) is 0.510. The molecule has 0 saturated carbocycles. The average Bonchev–Trinajstić information content (AvgIpc) is 2.54. The first-order valence-electron chi connectivity index (χ1n) is 7.95. The molecule has 2 heterocycles. The van der Waals surface area contributed by atoms with E-state index in [0.717, 1.165) is 45.7 Å². The van der Waals surface area contributed by atoms with E-state index in [1.807, 2.05) is 11.8 Å². The Balaban J connectivity index is 1.66. The second-order valence-electron chi connectivity index (χ2n) is 5.61. The lowest BCUT2D eigenvalue weighted by Gasteiger charge is -2.32. The third kappa shape index (κ3) is 4.97. The zero-order valence-corrected chi connectivity index (χ0v) is 12.9. The molecule has 2 rings (SSSR count). The minimum atomic E-state index is -0.113. The van der Waals surface area contributed by atoms with Crippen LogP contribution in [-0.2, 0) is 19.1 Å². The van der Waals surface area contributed by atoms with Gasteiger partial charge in [0.05, 0.1) is 25.7 Å². The molecule has 0 bridgehead atoms. The lowest BCUT2D eigenvalue weighted by Crippen LogP contribution is -2.43. The van der Waals surface area contributed by atoms with Gasteiger partial charge in [-0.05, 0) is 19.8 Å². The Morgan fingerprint density at radius 3 is 2.43 bits per heavy atom. The Morgan fingerprint density at radius 1 is 1.14 bits per heavy atom. The molecule has 6 nitrogen and oxygen atoms in total. The fourth-order valence-electron chi connectivity index (χ4n) is 2.86. The molecule has 1 amide bonds. The molecule has 0 spiro atoms. The van der Waals surface area contributed by atoms with Crippen molar-refractivity contribution in [3.63, 3.8) is 0 Å². The summed E-state index contributed by atoms with van der Waals surface area (Å²) in [6, 6.07) is 0. The van der Waals surface area contributed by atoms with Crippen LogP contribution in [0.2, 0.25) is 0 Å². The van der Waals surface area contributed by atoms with E-state index < -0.39 is 0 Å². The molecule has 0 radical (unpaired) electrons. The van der Waals surface area contributed by atoms with Crippen LogP contribution in [0.3, 0.4) is 0 Å². The van der Waals surface area contributed by atoms with Crippen molar-refractivity contribution in [3.05, 3.63) is 0 Å². The number of rotatable bonds is 5. The van der Waals surface area contributed by atoms with Gasteiger partial charge < -0.3 is 14.4 Å². The van der Waals surface area contributed by atoms with Gasteiger partial charge in [0.1, 0.15) is 0 Å². The molecule has 2 aliphatic heterocycles. The Labute approximate surface area is 126 Å². The largest absolute Gasteiger partial charge is 0.466 e. The Morgan fingerprint density at radius 2 is 1.81 bits per heavy atom. The third-order valence-electron chi connectivity index (χ3n) is 4.21. The Kier molecular flexibility index (Phi) is 6.45. The van der Waals surface area contributed by atoms with Gasteiger partial charge in [-0.3, -0.25) is 14.5 Å². The van der Waals surface area contributed by atoms with Crippen LogP contribution < -0.4 is 0 Å². The highest BCUT2D eigenvalue weighted by Gasteiger charge is 2.28. The van der Waals surface area contributed by atoms with Gasteiger partial charge in [0, 0.05) is 39.1 Å². The summed E-state index contributed by atoms with van der Waals surface area (Å²) in [5.41, 5.74) is 0. The molecule has 6 heteroatoms. The summed E-state index contributed by atoms with van der Waals surface area (Å²) in [5, 5.41) is 0. The fourth-order valence-corrected chi connectivity index (χ4v) is 2.86. The van der Waals surface area contributed by atoms with Gasteiger partial charge >= 0.3 is 5.97 Å². The number of carbonyl (C=O) groups is 2. The van der Waals surface area contributed by atoms with E-state index >= 15 is 0 Å². The molecule has 2 saturated heterocycles. The van der Waals surface area contributed by atoms with Crippen molar-refractivity contribution in [1.29, 1.82) is 0 Å². The SMILES string of the molecule is CCOC(=O)C1CCN(C(=O)CCN2CCOCC2)CC1. The number of esters is 1. The molecule has 0 N–H and O–H groups in total. The maximum atomic E-state index is 12.2. The van der Waals surface area contributed by atoms with Crippen LogP contribution in [0.1, 0.15) is 26.2 Å². The highest BCUT2D eigenvalue weighted by atomic mass is 16.5. The van der Waals surface area contributed by atoms with E-state index in [4.69, 9.17) is 9.47 Å². The molecule has 2 aliphatic rings. The second kappa shape index (κ2) is 8.34. The van der Waals surface area contributed by atoms with Gasteiger partial charge in [0.15, 0.2) is 0 Å². The van der Waals surface area contributed by atoms with E-state index in [0.29, 0.717) is 26.1 Å². The molecule has 0 aromatic carbocycles. The van der Waals surface area contributed by atoms with Crippen LogP contribution in [0.5, 0.6) is 0 Å². The first-order valence-corrected chi connectivity index (χ1v) is 7.95. The quantitative estimate of drug-likeness (QED) is 0.692. The maximum absolute atomic E-state index is 12.2. The van der Waals surface area contributed by atoms with E-state index in [2.05, 4.69) is 4.90 Å². The van der Waals surface area contributed by atoms with Crippen molar-refractivity contribution in [2.24, 2.45) is 5.92 Å². The molecule has 0 aromatic rings. The second-order valence-corrected chi connectivity index (χ2v) is 5.61. The first kappa shape index (κ1) is 16.2. The summed E-state index contributed by atoms with van der Waals surface area (Å²) < 4.78 is 10.3. The summed E-state index contributed by atoms with van der Waals surface area (Å²) in [5.74, 6) is 0.0509. The topological polar surface area (TPSA) is 59.1 Å². The minimum Gasteiger partial charge on any atom is -0.466 e. The van der Waals surface area contributed by atoms with Crippen LogP contribution in [0, 0.1) is 5.92 Å². The number of nitrogens with zero attached hydrogens (tertiary/aromatic N) is 2. The van der Waals surface area contributed by atoms with Crippen molar-refractivity contribution in [3.8, 4) is 0 Å². The number of hydrogen-bond donors (Lipinski definition) is 0. The van der Waals surface area contributed by atoms with Crippen LogP contribution in [0.25, 0.3) is 0 Å². The van der Waals surface area contributed by atoms with Gasteiger partial charge in [-0.15, -0.1) is 0 Å². The molecule has 0 aliphatic carbocycles. The lowest BCUT2D eigenvalue weighted by molar-refractivity contribution is -0.151. The molecular weight excluding hydrogens is 272 g/mol. The van der Waals surface area contributed by atoms with Gasteiger partial charge in [-0.1, -0.05) is 0 Å². The molecule has 0 atom stereocenters. The van der Waals surface area contributed by atoms with Crippen LogP contribution in [0.15, 0.2) is 0 Å². The number of carbonyl (C=O) groups excluding carboxylic acids is 2. The summed E-state index contributed by atoms with van der Waals surface area (Å²) in [6.07, 6.45) is 2.01. The molecule has 21 heavy (non-hydrogen) atoms. The number of amides is 1. The zero-order chi connectivity index (χ0) is 15.1. The van der Waals surface area contributed by atoms with Gasteiger partial charge in [-0.2, -0.15) is 0 Å². The normalized spacial score (nSPS) is 21.3. The first-order chi connectivity index (χ1) is 10.2. The van der Waals surface area contributed by atoms with Crippen LogP contribution >= 0.6 is 0 Å². The molecule has 0 aromatic heterocycles. The third-order valence-corrected chi connectivity index (χ3v) is 4.21. The van der Waals surface area contributed by atoms with Crippen molar-refractivity contribution in [2.75, 3.05) is 52.5 Å². The Bertz CT molecular complexity index is 348. The minimum absolute atomic E-state index is 0.0340. The smallest absolute Gasteiger partial charge is 0.309 e. The summed E-state index contributed by atoms with van der Waals surface area (Å²) in [7, 11) is 0. The van der Waals surface area contributed by atoms with Crippen molar-refractivity contribution in [2.45, 2.75) is 26.2 Å². The summed E-state index contributed by atoms with van der Waals surface area (Å²) >= 11 is 0. The van der Waals surface area contributed by atoms with Crippen molar-refractivity contribution >= 4 is 11.9 Å². The summed E-state index contributed by atoms with van der Waals surface area (Å²) in [4.78, 5) is 28.0. The van der Waals surface area contributed by atoms with Gasteiger partial charge in [0.2, 0.25) is 5.91 Å². The van der Waals surface area contributed by atoms with Gasteiger partial charge in [-0.25, -0.2) is 0 Å². The monoisotopic (exact) mass is 298 g/mol. The van der Waals surface area contributed by atoms with Crippen molar-refractivity contribution < 1.29 is 19.1 Å². The molecule has 2 fully saturated rings. The Hall–Kier alpha value is -1.14. The highest BCUT2D eigenvalue weighted by Crippen LogP contribution is 2.19.